The van der Waals surface area contributed by atoms with Crippen LogP contribution in [-0.2, 0) is 6.18 Å². The van der Waals surface area contributed by atoms with Crippen LogP contribution in [0.3, 0.4) is 0 Å². The van der Waals surface area contributed by atoms with E-state index >= 15 is 0 Å². The molecule has 0 aliphatic heterocycles. The Bertz CT molecular complexity index is 856. The molecule has 0 radical (unpaired) electrons. The summed E-state index contributed by atoms with van der Waals surface area (Å²) in [4.78, 5) is 23.1. The number of anilines is 2. The first-order valence-electron chi connectivity index (χ1n) is 6.13. The van der Waals surface area contributed by atoms with Gasteiger partial charge in [-0.3, -0.25) is 20.2 Å². The standard InChI is InChI=1S/C12H5Cl2F3N4O4/c13-9-1-5(2-10(14)19-9)18-11-7(12(15,16)17)3-6(20(22)23)4-8(11)21(24)25/h1-4H,(H,18,19). The molecular formula is C12H5Cl2F3N4O4. The fraction of sp³-hybridized carbons (Fsp3) is 0.0833. The Labute approximate surface area is 146 Å². The van der Waals surface area contributed by atoms with E-state index in [9.17, 15) is 33.4 Å². The van der Waals surface area contributed by atoms with Gasteiger partial charge in [0.15, 0.2) is 0 Å². The molecular weight excluding hydrogens is 392 g/mol. The molecule has 1 heterocycles. The van der Waals surface area contributed by atoms with E-state index in [2.05, 4.69) is 10.3 Å². The van der Waals surface area contributed by atoms with Crippen molar-refractivity contribution in [3.63, 3.8) is 0 Å². The van der Waals surface area contributed by atoms with Crippen molar-refractivity contribution in [1.82, 2.24) is 4.98 Å². The fourth-order valence-corrected chi connectivity index (χ4v) is 2.36. The van der Waals surface area contributed by atoms with Crippen LogP contribution in [0.15, 0.2) is 24.3 Å². The second kappa shape index (κ2) is 6.69. The van der Waals surface area contributed by atoms with Crippen LogP contribution < -0.4 is 5.32 Å². The number of non-ortho nitro benzene ring substituents is 1. The lowest BCUT2D eigenvalue weighted by Gasteiger charge is -2.15. The Morgan fingerprint density at radius 1 is 1.00 bits per heavy atom. The molecule has 2 aromatic rings. The van der Waals surface area contributed by atoms with Crippen molar-refractivity contribution >= 4 is 46.0 Å². The van der Waals surface area contributed by atoms with Gasteiger partial charge in [0.05, 0.1) is 21.5 Å². The van der Waals surface area contributed by atoms with Crippen LogP contribution in [0.1, 0.15) is 5.56 Å². The van der Waals surface area contributed by atoms with Crippen LogP contribution in [0.4, 0.5) is 35.9 Å². The number of hydrogen-bond donors (Lipinski definition) is 1. The van der Waals surface area contributed by atoms with Gasteiger partial charge < -0.3 is 5.32 Å². The molecule has 0 amide bonds. The quantitative estimate of drug-likeness (QED) is 0.443. The Balaban J connectivity index is 2.72. The molecule has 8 nitrogen and oxygen atoms in total. The molecule has 0 saturated heterocycles. The monoisotopic (exact) mass is 396 g/mol. The van der Waals surface area contributed by atoms with Gasteiger partial charge in [0, 0.05) is 11.8 Å². The van der Waals surface area contributed by atoms with E-state index in [1.165, 1.54) is 0 Å². The van der Waals surface area contributed by atoms with Gasteiger partial charge in [-0.25, -0.2) is 4.98 Å². The van der Waals surface area contributed by atoms with E-state index in [0.717, 1.165) is 12.1 Å². The van der Waals surface area contributed by atoms with Crippen LogP contribution in [0, 0.1) is 20.2 Å². The molecule has 25 heavy (non-hydrogen) atoms. The van der Waals surface area contributed by atoms with Gasteiger partial charge in [-0.1, -0.05) is 23.2 Å². The normalized spacial score (nSPS) is 11.2. The van der Waals surface area contributed by atoms with Crippen LogP contribution in [0.5, 0.6) is 0 Å². The summed E-state index contributed by atoms with van der Waals surface area (Å²) in [5, 5.41) is 23.7. The number of hydrogen-bond acceptors (Lipinski definition) is 6. The van der Waals surface area contributed by atoms with Gasteiger partial charge in [0.25, 0.3) is 11.4 Å². The number of alkyl halides is 3. The first-order chi connectivity index (χ1) is 11.5. The molecule has 0 fully saturated rings. The van der Waals surface area contributed by atoms with Crippen LogP contribution in [0.2, 0.25) is 10.3 Å². The number of nitro groups is 2. The molecule has 0 aliphatic rings. The van der Waals surface area contributed by atoms with Crippen LogP contribution >= 0.6 is 23.2 Å². The molecule has 0 spiro atoms. The maximum Gasteiger partial charge on any atom is 0.418 e. The van der Waals surface area contributed by atoms with Crippen molar-refractivity contribution in [2.45, 2.75) is 6.18 Å². The predicted octanol–water partition coefficient (Wildman–Crippen LogP) is 4.97. The van der Waals surface area contributed by atoms with E-state index in [4.69, 9.17) is 23.2 Å². The molecule has 0 aliphatic carbocycles. The number of halogens is 5. The number of pyridine rings is 1. The molecule has 1 N–H and O–H groups in total. The second-order valence-electron chi connectivity index (χ2n) is 4.53. The van der Waals surface area contributed by atoms with E-state index in [1.54, 1.807) is 0 Å². The first kappa shape index (κ1) is 18.7. The Kier molecular flexibility index (Phi) is 4.99. The molecule has 132 valence electrons. The number of nitrogens with zero attached hydrogens (tertiary/aromatic N) is 3. The fourth-order valence-electron chi connectivity index (χ4n) is 1.90. The summed E-state index contributed by atoms with van der Waals surface area (Å²) >= 11 is 11.3. The summed E-state index contributed by atoms with van der Waals surface area (Å²) in [5.74, 6) is 0. The zero-order valence-corrected chi connectivity index (χ0v) is 13.2. The number of rotatable bonds is 4. The second-order valence-corrected chi connectivity index (χ2v) is 5.30. The highest BCUT2D eigenvalue weighted by Gasteiger charge is 2.39. The number of nitro benzene ring substituents is 2. The lowest BCUT2D eigenvalue weighted by molar-refractivity contribution is -0.394. The largest absolute Gasteiger partial charge is 0.418 e. The highest BCUT2D eigenvalue weighted by atomic mass is 35.5. The van der Waals surface area contributed by atoms with Crippen LogP contribution in [0.25, 0.3) is 0 Å². The van der Waals surface area contributed by atoms with Crippen molar-refractivity contribution in [1.29, 1.82) is 0 Å². The smallest absolute Gasteiger partial charge is 0.349 e. The van der Waals surface area contributed by atoms with E-state index in [-0.39, 0.29) is 22.1 Å². The van der Waals surface area contributed by atoms with Gasteiger partial charge in [0.1, 0.15) is 16.0 Å². The van der Waals surface area contributed by atoms with Crippen molar-refractivity contribution in [2.75, 3.05) is 5.32 Å². The molecule has 0 atom stereocenters. The SMILES string of the molecule is O=[N+]([O-])c1cc([N+](=O)[O-])c(Nc2cc(Cl)nc(Cl)c2)c(C(F)(F)F)c1. The van der Waals surface area contributed by atoms with Crippen molar-refractivity contribution in [3.05, 3.63) is 60.4 Å². The summed E-state index contributed by atoms with van der Waals surface area (Å²) in [6.45, 7) is 0. The van der Waals surface area contributed by atoms with Gasteiger partial charge in [-0.15, -0.1) is 0 Å². The molecule has 0 unspecified atom stereocenters. The Hall–Kier alpha value is -2.66. The molecule has 0 bridgehead atoms. The average Bonchev–Trinajstić information content (AvgIpc) is 2.44. The third-order valence-corrected chi connectivity index (χ3v) is 3.23. The minimum absolute atomic E-state index is 0.118. The maximum absolute atomic E-state index is 13.2. The molecule has 1 aromatic carbocycles. The summed E-state index contributed by atoms with van der Waals surface area (Å²) in [6, 6.07) is 2.78. The zero-order valence-electron chi connectivity index (χ0n) is 11.7. The van der Waals surface area contributed by atoms with E-state index in [0.29, 0.717) is 6.07 Å². The van der Waals surface area contributed by atoms with Gasteiger partial charge in [0.2, 0.25) is 0 Å². The highest BCUT2D eigenvalue weighted by Crippen LogP contribution is 2.43. The number of aromatic nitrogens is 1. The lowest BCUT2D eigenvalue weighted by Crippen LogP contribution is -2.12. The highest BCUT2D eigenvalue weighted by molar-refractivity contribution is 6.32. The lowest BCUT2D eigenvalue weighted by atomic mass is 10.1. The maximum atomic E-state index is 13.2. The third-order valence-electron chi connectivity index (χ3n) is 2.85. The van der Waals surface area contributed by atoms with Crippen LogP contribution in [-0.4, -0.2) is 14.8 Å². The molecule has 13 heteroatoms. The zero-order chi connectivity index (χ0) is 18.9. The van der Waals surface area contributed by atoms with Crippen molar-refractivity contribution in [3.8, 4) is 0 Å². The van der Waals surface area contributed by atoms with Crippen molar-refractivity contribution in [2.24, 2.45) is 0 Å². The van der Waals surface area contributed by atoms with Crippen molar-refractivity contribution < 1.29 is 23.0 Å². The van der Waals surface area contributed by atoms with E-state index in [1.807, 2.05) is 0 Å². The van der Waals surface area contributed by atoms with E-state index < -0.39 is 38.6 Å². The Morgan fingerprint density at radius 2 is 1.56 bits per heavy atom. The van der Waals surface area contributed by atoms with Gasteiger partial charge in [-0.05, 0) is 12.1 Å². The predicted molar refractivity (Wildman–Crippen MR) is 82.3 cm³/mol. The average molecular weight is 397 g/mol. The minimum atomic E-state index is -5.10. The third kappa shape index (κ3) is 4.25. The summed E-state index contributed by atoms with van der Waals surface area (Å²) in [6.07, 6.45) is -5.10. The molecule has 1 aromatic heterocycles. The first-order valence-corrected chi connectivity index (χ1v) is 6.88. The Morgan fingerprint density at radius 3 is 2.00 bits per heavy atom. The number of nitrogens with one attached hydrogen (secondary N) is 1. The van der Waals surface area contributed by atoms with Gasteiger partial charge in [-0.2, -0.15) is 13.2 Å². The molecule has 0 saturated carbocycles. The van der Waals surface area contributed by atoms with Gasteiger partial charge >= 0.3 is 6.18 Å². The summed E-state index contributed by atoms with van der Waals surface area (Å²) < 4.78 is 39.7. The summed E-state index contributed by atoms with van der Waals surface area (Å²) in [5.41, 5.74) is -4.90. The molecule has 2 rings (SSSR count). The topological polar surface area (TPSA) is 111 Å². The summed E-state index contributed by atoms with van der Waals surface area (Å²) in [7, 11) is 0. The number of benzene rings is 1. The minimum Gasteiger partial charge on any atom is -0.349 e.